The summed E-state index contributed by atoms with van der Waals surface area (Å²) in [5.41, 5.74) is -1.34. The van der Waals surface area contributed by atoms with Gasteiger partial charge in [0.1, 0.15) is 0 Å². The van der Waals surface area contributed by atoms with Crippen molar-refractivity contribution in [1.29, 1.82) is 0 Å². The Kier molecular flexibility index (Phi) is 6.40. The van der Waals surface area contributed by atoms with Crippen molar-refractivity contribution in [2.45, 2.75) is 48.9 Å². The summed E-state index contributed by atoms with van der Waals surface area (Å²) in [5.74, 6) is 0.262. The fourth-order valence-electron chi connectivity index (χ4n) is 3.48. The van der Waals surface area contributed by atoms with Crippen LogP contribution < -0.4 is 5.32 Å². The zero-order chi connectivity index (χ0) is 23.1. The first-order valence-electron chi connectivity index (χ1n) is 9.89. The Hall–Kier alpha value is -1.90. The van der Waals surface area contributed by atoms with Gasteiger partial charge >= 0.3 is 6.18 Å². The number of nitrogens with zero attached hydrogens (tertiary/aromatic N) is 1. The minimum Gasteiger partial charge on any atom is -0.374 e. The van der Waals surface area contributed by atoms with Crippen LogP contribution in [0.2, 0.25) is 10.0 Å². The van der Waals surface area contributed by atoms with Crippen molar-refractivity contribution in [1.82, 2.24) is 5.32 Å². The molecule has 2 aromatic carbocycles. The number of nitrogens with one attached hydrogen (secondary N) is 1. The maximum absolute atomic E-state index is 14.1. The van der Waals surface area contributed by atoms with Gasteiger partial charge in [0.25, 0.3) is 5.60 Å². The molecule has 1 saturated carbocycles. The second-order valence-corrected chi connectivity index (χ2v) is 9.79. The second kappa shape index (κ2) is 8.80. The lowest BCUT2D eigenvalue weighted by molar-refractivity contribution is -0.275. The van der Waals surface area contributed by atoms with Crippen molar-refractivity contribution < 1.29 is 22.8 Å². The predicted octanol–water partition coefficient (Wildman–Crippen LogP) is 6.25. The molecule has 1 amide bonds. The van der Waals surface area contributed by atoms with E-state index in [2.05, 4.69) is 10.5 Å². The third-order valence-corrected chi connectivity index (χ3v) is 6.94. The van der Waals surface area contributed by atoms with Crippen LogP contribution in [-0.4, -0.2) is 29.6 Å². The van der Waals surface area contributed by atoms with Gasteiger partial charge in [-0.2, -0.15) is 13.2 Å². The van der Waals surface area contributed by atoms with Crippen molar-refractivity contribution >= 4 is 46.6 Å². The summed E-state index contributed by atoms with van der Waals surface area (Å²) in [7, 11) is 0. The number of amides is 1. The molecular formula is C22H19Cl2F3N2O2S. The fraction of sp³-hybridized carbons (Fsp3) is 0.364. The molecule has 1 atom stereocenters. The highest BCUT2D eigenvalue weighted by atomic mass is 35.5. The highest BCUT2D eigenvalue weighted by Gasteiger charge is 2.62. The molecule has 1 unspecified atom stereocenters. The lowest BCUT2D eigenvalue weighted by atomic mass is 9.86. The van der Waals surface area contributed by atoms with E-state index in [9.17, 15) is 18.0 Å². The molecule has 1 aliphatic heterocycles. The summed E-state index contributed by atoms with van der Waals surface area (Å²) >= 11 is 13.3. The van der Waals surface area contributed by atoms with Crippen LogP contribution in [0.1, 0.15) is 36.0 Å². The SMILES string of the molecule is Cc1cc(C2=NOC(c3cc(Cl)cc(Cl)c3)(C(F)(F)F)C2)ccc1SCC(=O)NC1CC1. The number of carbonyl (C=O) groups excluding carboxylic acids is 1. The van der Waals surface area contributed by atoms with Gasteiger partial charge in [0.2, 0.25) is 5.91 Å². The molecular weight excluding hydrogens is 484 g/mol. The number of alkyl halides is 3. The van der Waals surface area contributed by atoms with Crippen LogP contribution in [0, 0.1) is 6.92 Å². The maximum Gasteiger partial charge on any atom is 0.435 e. The molecule has 1 aliphatic carbocycles. The zero-order valence-electron chi connectivity index (χ0n) is 16.9. The standard InChI is InChI=1S/C22H19Cl2F3N2O2S/c1-12-6-13(2-5-19(12)32-11-20(30)28-17-3-4-17)18-10-21(31-29-18,22(25,26)27)14-7-15(23)9-16(24)8-14/h2,5-9,17H,3-4,10-11H2,1H3,(H,28,30). The molecule has 170 valence electrons. The van der Waals surface area contributed by atoms with E-state index < -0.39 is 18.2 Å². The van der Waals surface area contributed by atoms with Gasteiger partial charge in [-0.05, 0) is 61.2 Å². The molecule has 0 spiro atoms. The highest BCUT2D eigenvalue weighted by Crippen LogP contribution is 2.49. The van der Waals surface area contributed by atoms with E-state index in [1.165, 1.54) is 30.0 Å². The molecule has 1 fully saturated rings. The van der Waals surface area contributed by atoms with Crippen molar-refractivity contribution in [3.8, 4) is 0 Å². The van der Waals surface area contributed by atoms with Crippen molar-refractivity contribution in [3.05, 3.63) is 63.1 Å². The Morgan fingerprint density at radius 3 is 2.50 bits per heavy atom. The quantitative estimate of drug-likeness (QED) is 0.474. The average molecular weight is 503 g/mol. The number of oxime groups is 1. The zero-order valence-corrected chi connectivity index (χ0v) is 19.3. The van der Waals surface area contributed by atoms with Crippen LogP contribution in [0.3, 0.4) is 0 Å². The molecule has 2 aliphatic rings. The van der Waals surface area contributed by atoms with Gasteiger partial charge in [0.15, 0.2) is 0 Å². The number of hydrogen-bond acceptors (Lipinski definition) is 4. The van der Waals surface area contributed by atoms with Crippen LogP contribution >= 0.6 is 35.0 Å². The van der Waals surface area contributed by atoms with Gasteiger partial charge in [-0.25, -0.2) is 0 Å². The summed E-state index contributed by atoms with van der Waals surface area (Å²) in [6.45, 7) is 1.84. The van der Waals surface area contributed by atoms with Crippen LogP contribution in [-0.2, 0) is 15.2 Å². The molecule has 1 heterocycles. The minimum absolute atomic E-state index is 0.0234. The lowest BCUT2D eigenvalue weighted by Gasteiger charge is -2.29. The van der Waals surface area contributed by atoms with Crippen molar-refractivity contribution in [2.75, 3.05) is 5.75 Å². The van der Waals surface area contributed by atoms with Crippen LogP contribution in [0.5, 0.6) is 0 Å². The largest absolute Gasteiger partial charge is 0.435 e. The Balaban J connectivity index is 1.53. The number of aryl methyl sites for hydroxylation is 1. The topological polar surface area (TPSA) is 50.7 Å². The predicted molar refractivity (Wildman–Crippen MR) is 120 cm³/mol. The van der Waals surface area contributed by atoms with E-state index >= 15 is 0 Å². The number of benzene rings is 2. The molecule has 2 aromatic rings. The molecule has 0 aromatic heterocycles. The summed E-state index contributed by atoms with van der Waals surface area (Å²) < 4.78 is 42.4. The normalized spacial score (nSPS) is 20.6. The van der Waals surface area contributed by atoms with E-state index in [1.807, 2.05) is 6.92 Å². The maximum atomic E-state index is 14.1. The van der Waals surface area contributed by atoms with Gasteiger partial charge in [0, 0.05) is 33.0 Å². The Labute approximate surface area is 197 Å². The summed E-state index contributed by atoms with van der Waals surface area (Å²) in [5, 5.41) is 6.87. The molecule has 0 bridgehead atoms. The molecule has 0 radical (unpaired) electrons. The first-order chi connectivity index (χ1) is 15.1. The third-order valence-electron chi connectivity index (χ3n) is 5.32. The van der Waals surface area contributed by atoms with Gasteiger partial charge in [0.05, 0.1) is 11.5 Å². The van der Waals surface area contributed by atoms with E-state index in [1.54, 1.807) is 18.2 Å². The Morgan fingerprint density at radius 1 is 1.22 bits per heavy atom. The molecule has 4 rings (SSSR count). The second-order valence-electron chi connectivity index (χ2n) is 7.90. The Bertz CT molecular complexity index is 1070. The summed E-state index contributed by atoms with van der Waals surface area (Å²) in [6.07, 6.45) is -3.21. The van der Waals surface area contributed by atoms with Crippen molar-refractivity contribution in [3.63, 3.8) is 0 Å². The van der Waals surface area contributed by atoms with Crippen LogP contribution in [0.25, 0.3) is 0 Å². The number of hydrogen-bond donors (Lipinski definition) is 1. The highest BCUT2D eigenvalue weighted by molar-refractivity contribution is 8.00. The smallest absolute Gasteiger partial charge is 0.374 e. The molecule has 0 saturated heterocycles. The van der Waals surface area contributed by atoms with E-state index in [0.717, 1.165) is 23.3 Å². The van der Waals surface area contributed by atoms with Crippen molar-refractivity contribution in [2.24, 2.45) is 5.16 Å². The molecule has 10 heteroatoms. The van der Waals surface area contributed by atoms with Gasteiger partial charge in [-0.3, -0.25) is 4.79 Å². The first-order valence-corrected chi connectivity index (χ1v) is 11.6. The summed E-state index contributed by atoms with van der Waals surface area (Å²) in [4.78, 5) is 17.8. The van der Waals surface area contributed by atoms with Gasteiger partial charge in [-0.1, -0.05) is 34.4 Å². The monoisotopic (exact) mass is 502 g/mol. The molecule has 1 N–H and O–H groups in total. The van der Waals surface area contributed by atoms with E-state index in [4.69, 9.17) is 28.0 Å². The fourth-order valence-corrected chi connectivity index (χ4v) is 4.82. The molecule has 32 heavy (non-hydrogen) atoms. The number of thioether (sulfide) groups is 1. The number of halogens is 5. The number of carbonyl (C=O) groups is 1. The average Bonchev–Trinajstić information content (AvgIpc) is 3.38. The number of rotatable bonds is 6. The van der Waals surface area contributed by atoms with E-state index in [0.29, 0.717) is 11.6 Å². The van der Waals surface area contributed by atoms with Crippen LogP contribution in [0.4, 0.5) is 13.2 Å². The minimum atomic E-state index is -4.74. The third kappa shape index (κ3) is 4.87. The summed E-state index contributed by atoms with van der Waals surface area (Å²) in [6, 6.07) is 9.27. The van der Waals surface area contributed by atoms with Crippen LogP contribution in [0.15, 0.2) is 46.4 Å². The van der Waals surface area contributed by atoms with Gasteiger partial charge < -0.3 is 10.2 Å². The van der Waals surface area contributed by atoms with Gasteiger partial charge in [-0.15, -0.1) is 11.8 Å². The molecule has 4 nitrogen and oxygen atoms in total. The Morgan fingerprint density at radius 2 is 1.91 bits per heavy atom. The lowest BCUT2D eigenvalue weighted by Crippen LogP contribution is -2.42. The van der Waals surface area contributed by atoms with E-state index in [-0.39, 0.29) is 33.0 Å². The first kappa shape index (κ1) is 23.3.